The van der Waals surface area contributed by atoms with Crippen LogP contribution >= 0.6 is 11.6 Å². The molecule has 0 aromatic heterocycles. The van der Waals surface area contributed by atoms with Gasteiger partial charge >= 0.3 is 0 Å². The molecular formula is C20H22ClN3O2. The van der Waals surface area contributed by atoms with Crippen molar-refractivity contribution >= 4 is 29.1 Å². The Balaban J connectivity index is 1.74. The van der Waals surface area contributed by atoms with Crippen molar-refractivity contribution in [1.29, 1.82) is 0 Å². The van der Waals surface area contributed by atoms with Crippen LogP contribution in [0.2, 0.25) is 5.02 Å². The summed E-state index contributed by atoms with van der Waals surface area (Å²) in [6.45, 7) is 3.04. The van der Waals surface area contributed by atoms with E-state index in [0.29, 0.717) is 21.8 Å². The van der Waals surface area contributed by atoms with E-state index in [-0.39, 0.29) is 23.9 Å². The molecule has 1 saturated heterocycles. The zero-order valence-corrected chi connectivity index (χ0v) is 15.3. The van der Waals surface area contributed by atoms with Gasteiger partial charge in [0.1, 0.15) is 0 Å². The van der Waals surface area contributed by atoms with Gasteiger partial charge in [-0.25, -0.2) is 0 Å². The third-order valence-electron chi connectivity index (χ3n) is 4.60. The number of hydrogen-bond donors (Lipinski definition) is 3. The van der Waals surface area contributed by atoms with Crippen LogP contribution in [0.15, 0.2) is 48.5 Å². The molecule has 5 nitrogen and oxygen atoms in total. The fourth-order valence-electron chi connectivity index (χ4n) is 3.07. The summed E-state index contributed by atoms with van der Waals surface area (Å²) < 4.78 is 0. The molecule has 2 aromatic carbocycles. The van der Waals surface area contributed by atoms with Crippen molar-refractivity contribution in [2.24, 2.45) is 0 Å². The minimum Gasteiger partial charge on any atom is -0.348 e. The van der Waals surface area contributed by atoms with Crippen molar-refractivity contribution in [2.45, 2.75) is 31.8 Å². The molecule has 2 amide bonds. The van der Waals surface area contributed by atoms with Gasteiger partial charge in [0.25, 0.3) is 11.8 Å². The zero-order valence-electron chi connectivity index (χ0n) is 14.6. The van der Waals surface area contributed by atoms with Crippen LogP contribution in [-0.2, 0) is 0 Å². The van der Waals surface area contributed by atoms with Gasteiger partial charge in [-0.15, -0.1) is 0 Å². The van der Waals surface area contributed by atoms with Crippen molar-refractivity contribution in [3.63, 3.8) is 0 Å². The topological polar surface area (TPSA) is 70.2 Å². The van der Waals surface area contributed by atoms with Gasteiger partial charge in [0.2, 0.25) is 0 Å². The summed E-state index contributed by atoms with van der Waals surface area (Å²) in [4.78, 5) is 25.2. The maximum atomic E-state index is 12.7. The fraction of sp³-hybridized carbons (Fsp3) is 0.300. The molecular weight excluding hydrogens is 350 g/mol. The molecule has 1 aliphatic heterocycles. The van der Waals surface area contributed by atoms with Crippen LogP contribution in [0.25, 0.3) is 0 Å². The van der Waals surface area contributed by atoms with Gasteiger partial charge in [0.15, 0.2) is 0 Å². The Morgan fingerprint density at radius 2 is 1.81 bits per heavy atom. The molecule has 0 saturated carbocycles. The van der Waals surface area contributed by atoms with Gasteiger partial charge in [-0.3, -0.25) is 9.59 Å². The molecule has 2 aromatic rings. The Morgan fingerprint density at radius 3 is 2.54 bits per heavy atom. The van der Waals surface area contributed by atoms with Crippen LogP contribution in [0, 0.1) is 0 Å². The van der Waals surface area contributed by atoms with Crippen molar-refractivity contribution in [3.8, 4) is 0 Å². The molecule has 6 heteroatoms. The molecule has 3 rings (SSSR count). The van der Waals surface area contributed by atoms with Crippen molar-refractivity contribution in [2.75, 3.05) is 11.9 Å². The van der Waals surface area contributed by atoms with Gasteiger partial charge < -0.3 is 16.0 Å². The average Bonchev–Trinajstić information content (AvgIpc) is 2.64. The molecule has 2 atom stereocenters. The van der Waals surface area contributed by atoms with E-state index >= 15 is 0 Å². The first-order valence-corrected chi connectivity index (χ1v) is 9.12. The summed E-state index contributed by atoms with van der Waals surface area (Å²) in [6.07, 6.45) is 1.98. The highest BCUT2D eigenvalue weighted by Gasteiger charge is 2.24. The van der Waals surface area contributed by atoms with E-state index in [1.54, 1.807) is 48.5 Å². The number of carbonyl (C=O) groups excluding carboxylic acids is 2. The predicted octanol–water partition coefficient (Wildman–Crippen LogP) is 3.46. The summed E-state index contributed by atoms with van der Waals surface area (Å²) in [5.74, 6) is -0.466. The number of benzene rings is 2. The summed E-state index contributed by atoms with van der Waals surface area (Å²) >= 11 is 5.86. The van der Waals surface area contributed by atoms with Gasteiger partial charge in [-0.1, -0.05) is 23.7 Å². The highest BCUT2D eigenvalue weighted by Crippen LogP contribution is 2.18. The maximum Gasteiger partial charge on any atom is 0.255 e. The lowest BCUT2D eigenvalue weighted by Gasteiger charge is -2.30. The lowest BCUT2D eigenvalue weighted by atomic mass is 9.99. The second-order valence-corrected chi connectivity index (χ2v) is 6.91. The largest absolute Gasteiger partial charge is 0.348 e. The van der Waals surface area contributed by atoms with E-state index in [9.17, 15) is 9.59 Å². The van der Waals surface area contributed by atoms with Gasteiger partial charge in [-0.05, 0) is 62.7 Å². The zero-order chi connectivity index (χ0) is 18.5. The minimum absolute atomic E-state index is 0.0799. The molecule has 1 fully saturated rings. The third-order valence-corrected chi connectivity index (χ3v) is 4.86. The first-order chi connectivity index (χ1) is 12.5. The standard InChI is InChI=1S/C20H22ClN3O2/c1-13-17(7-4-12-22-13)23-20(26)16-5-2-3-6-18(16)24-19(25)14-8-10-15(21)11-9-14/h2-3,5-6,8-11,13,17,22H,4,7,12H2,1H3,(H,23,26)(H,24,25). The Morgan fingerprint density at radius 1 is 1.08 bits per heavy atom. The number of carbonyl (C=O) groups is 2. The highest BCUT2D eigenvalue weighted by molar-refractivity contribution is 6.30. The van der Waals surface area contributed by atoms with Crippen LogP contribution in [-0.4, -0.2) is 30.4 Å². The van der Waals surface area contributed by atoms with Crippen LogP contribution in [0.1, 0.15) is 40.5 Å². The van der Waals surface area contributed by atoms with E-state index in [2.05, 4.69) is 22.9 Å². The first kappa shape index (κ1) is 18.4. The predicted molar refractivity (Wildman–Crippen MR) is 104 cm³/mol. The molecule has 0 spiro atoms. The van der Waals surface area contributed by atoms with Crippen molar-refractivity contribution < 1.29 is 9.59 Å². The number of anilines is 1. The Kier molecular flexibility index (Phi) is 5.91. The minimum atomic E-state index is -0.283. The van der Waals surface area contributed by atoms with Crippen LogP contribution in [0.3, 0.4) is 0 Å². The Bertz CT molecular complexity index is 792. The summed E-state index contributed by atoms with van der Waals surface area (Å²) in [5.41, 5.74) is 1.42. The van der Waals surface area contributed by atoms with E-state index in [1.165, 1.54) is 0 Å². The summed E-state index contributed by atoms with van der Waals surface area (Å²) in [7, 11) is 0. The van der Waals surface area contributed by atoms with Gasteiger partial charge in [0.05, 0.1) is 11.3 Å². The quantitative estimate of drug-likeness (QED) is 0.770. The fourth-order valence-corrected chi connectivity index (χ4v) is 3.20. The molecule has 1 heterocycles. The number of hydrogen-bond acceptors (Lipinski definition) is 3. The first-order valence-electron chi connectivity index (χ1n) is 8.75. The second kappa shape index (κ2) is 8.34. The number of rotatable bonds is 4. The number of para-hydroxylation sites is 1. The Hall–Kier alpha value is -2.37. The molecule has 3 N–H and O–H groups in total. The number of nitrogens with one attached hydrogen (secondary N) is 3. The molecule has 136 valence electrons. The molecule has 0 bridgehead atoms. The molecule has 26 heavy (non-hydrogen) atoms. The maximum absolute atomic E-state index is 12.7. The lowest BCUT2D eigenvalue weighted by molar-refractivity contribution is 0.0920. The normalized spacial score (nSPS) is 19.6. The third kappa shape index (κ3) is 4.42. The molecule has 2 unspecified atom stereocenters. The van der Waals surface area contributed by atoms with Gasteiger partial charge in [-0.2, -0.15) is 0 Å². The van der Waals surface area contributed by atoms with Crippen LogP contribution in [0.5, 0.6) is 0 Å². The van der Waals surface area contributed by atoms with Gasteiger partial charge in [0, 0.05) is 22.7 Å². The van der Waals surface area contributed by atoms with E-state index in [1.807, 2.05) is 0 Å². The van der Waals surface area contributed by atoms with E-state index < -0.39 is 0 Å². The molecule has 0 radical (unpaired) electrons. The summed E-state index contributed by atoms with van der Waals surface area (Å²) in [6, 6.07) is 13.9. The lowest BCUT2D eigenvalue weighted by Crippen LogP contribution is -2.52. The number of amides is 2. The molecule has 0 aliphatic carbocycles. The number of piperidine rings is 1. The van der Waals surface area contributed by atoms with Crippen molar-refractivity contribution in [3.05, 3.63) is 64.7 Å². The van der Waals surface area contributed by atoms with Crippen molar-refractivity contribution in [1.82, 2.24) is 10.6 Å². The SMILES string of the molecule is CC1NCCCC1NC(=O)c1ccccc1NC(=O)c1ccc(Cl)cc1. The molecule has 1 aliphatic rings. The van der Waals surface area contributed by atoms with Crippen LogP contribution < -0.4 is 16.0 Å². The monoisotopic (exact) mass is 371 g/mol. The average molecular weight is 372 g/mol. The Labute approximate surface area is 158 Å². The highest BCUT2D eigenvalue weighted by atomic mass is 35.5. The number of halogens is 1. The van der Waals surface area contributed by atoms with E-state index in [0.717, 1.165) is 19.4 Å². The second-order valence-electron chi connectivity index (χ2n) is 6.47. The summed E-state index contributed by atoms with van der Waals surface area (Å²) in [5, 5.41) is 9.83. The van der Waals surface area contributed by atoms with E-state index in [4.69, 9.17) is 11.6 Å². The van der Waals surface area contributed by atoms with Crippen LogP contribution in [0.4, 0.5) is 5.69 Å². The smallest absolute Gasteiger partial charge is 0.255 e.